The lowest BCUT2D eigenvalue weighted by molar-refractivity contribution is 0.980. The van der Waals surface area contributed by atoms with Gasteiger partial charge >= 0.3 is 0 Å². The van der Waals surface area contributed by atoms with E-state index in [2.05, 4.69) is 199 Å². The Balaban J connectivity index is 1.02. The van der Waals surface area contributed by atoms with E-state index in [4.69, 9.17) is 15.1 Å². The fourth-order valence-corrected chi connectivity index (χ4v) is 8.46. The maximum absolute atomic E-state index is 5.45. The molecule has 11 rings (SSSR count). The summed E-state index contributed by atoms with van der Waals surface area (Å²) in [7, 11) is 0. The van der Waals surface area contributed by atoms with Crippen LogP contribution in [0.5, 0.6) is 0 Å². The Labute approximate surface area is 354 Å². The molecule has 0 unspecified atom stereocenters. The molecule has 11 aromatic rings. The molecule has 0 saturated carbocycles. The van der Waals surface area contributed by atoms with Gasteiger partial charge in [0.05, 0.1) is 22.6 Å². The van der Waals surface area contributed by atoms with Gasteiger partial charge in [-0.2, -0.15) is 5.10 Å². The first-order valence-corrected chi connectivity index (χ1v) is 20.6. The van der Waals surface area contributed by atoms with Crippen LogP contribution in [0, 0.1) is 0 Å². The van der Waals surface area contributed by atoms with E-state index in [0.29, 0.717) is 5.82 Å². The number of rotatable bonds is 8. The van der Waals surface area contributed by atoms with Crippen molar-refractivity contribution in [2.45, 2.75) is 0 Å². The molecule has 0 aliphatic carbocycles. The third-order valence-corrected chi connectivity index (χ3v) is 11.5. The van der Waals surface area contributed by atoms with Crippen LogP contribution < -0.4 is 0 Å². The summed E-state index contributed by atoms with van der Waals surface area (Å²) >= 11 is 0. The standard InChI is InChI=1S/C57H38N4/c1-6-17-42(18-7-1)50-38-51(59-57(58-50)47-25-14-5-15-26-47)43-35-31-40(32-36-43)39-29-33-41(34-30-39)49-28-16-27-48-37-52(44-19-8-2-9-20-44)61-56(53(48)49)54(45-21-10-3-11-22-45)55(60-61)46-23-12-4-13-24-46/h1-38H. The number of hydrogen-bond acceptors (Lipinski definition) is 3. The maximum Gasteiger partial charge on any atom is 0.160 e. The van der Waals surface area contributed by atoms with E-state index in [9.17, 15) is 0 Å². The van der Waals surface area contributed by atoms with E-state index in [1.165, 1.54) is 5.39 Å². The van der Waals surface area contributed by atoms with Crippen LogP contribution >= 0.6 is 0 Å². The largest absolute Gasteiger partial charge is 0.231 e. The van der Waals surface area contributed by atoms with E-state index in [1.54, 1.807) is 0 Å². The average Bonchev–Trinajstić information content (AvgIpc) is 3.76. The lowest BCUT2D eigenvalue weighted by Gasteiger charge is -2.15. The van der Waals surface area contributed by atoms with Crippen molar-refractivity contribution in [1.82, 2.24) is 19.6 Å². The van der Waals surface area contributed by atoms with E-state index in [-0.39, 0.29) is 0 Å². The van der Waals surface area contributed by atoms with Crippen molar-refractivity contribution >= 4 is 16.3 Å². The molecule has 0 amide bonds. The molecule has 0 radical (unpaired) electrons. The molecule has 3 aromatic heterocycles. The predicted molar refractivity (Wildman–Crippen MR) is 252 cm³/mol. The first-order chi connectivity index (χ1) is 30.2. The van der Waals surface area contributed by atoms with Gasteiger partial charge in [-0.25, -0.2) is 14.5 Å². The summed E-state index contributed by atoms with van der Waals surface area (Å²) in [6, 6.07) is 81.0. The van der Waals surface area contributed by atoms with Crippen LogP contribution in [0.2, 0.25) is 0 Å². The fourth-order valence-electron chi connectivity index (χ4n) is 8.46. The van der Waals surface area contributed by atoms with Crippen molar-refractivity contribution in [2.24, 2.45) is 0 Å². The summed E-state index contributed by atoms with van der Waals surface area (Å²) in [4.78, 5) is 10.0. The molecule has 0 N–H and O–H groups in total. The molecule has 0 aliphatic rings. The van der Waals surface area contributed by atoms with Gasteiger partial charge in [-0.3, -0.25) is 0 Å². The Morgan fingerprint density at radius 3 is 1.36 bits per heavy atom. The van der Waals surface area contributed by atoms with Gasteiger partial charge in [0.25, 0.3) is 0 Å². The lowest BCUT2D eigenvalue weighted by Crippen LogP contribution is -1.97. The van der Waals surface area contributed by atoms with Gasteiger partial charge in [-0.1, -0.05) is 218 Å². The Morgan fingerprint density at radius 2 is 0.787 bits per heavy atom. The molecule has 0 bridgehead atoms. The van der Waals surface area contributed by atoms with Gasteiger partial charge in [-0.05, 0) is 45.3 Å². The maximum atomic E-state index is 5.45. The second-order valence-corrected chi connectivity index (χ2v) is 15.2. The SMILES string of the molecule is c1ccc(-c2cc(-c3ccc(-c4ccc(-c5cccc6cc(-c7ccccc7)n7nc(-c8ccccc8)c(-c8ccccc8)c7c56)cc4)cc3)nc(-c3ccccc3)n2)cc1. The molecule has 8 aromatic carbocycles. The van der Waals surface area contributed by atoms with Crippen molar-refractivity contribution in [3.8, 4) is 89.8 Å². The number of pyridine rings is 1. The zero-order valence-electron chi connectivity index (χ0n) is 33.2. The second kappa shape index (κ2) is 15.5. The van der Waals surface area contributed by atoms with E-state index < -0.39 is 0 Å². The summed E-state index contributed by atoms with van der Waals surface area (Å²) in [6.45, 7) is 0. The van der Waals surface area contributed by atoms with Gasteiger partial charge in [0.15, 0.2) is 5.82 Å². The Kier molecular flexibility index (Phi) is 9.14. The first kappa shape index (κ1) is 35.9. The molecule has 0 atom stereocenters. The summed E-state index contributed by atoms with van der Waals surface area (Å²) in [5, 5.41) is 7.78. The zero-order valence-corrected chi connectivity index (χ0v) is 33.2. The van der Waals surface area contributed by atoms with Crippen LogP contribution in [0.4, 0.5) is 0 Å². The van der Waals surface area contributed by atoms with Crippen molar-refractivity contribution in [3.05, 3.63) is 231 Å². The molecular formula is C57H38N4. The van der Waals surface area contributed by atoms with Crippen LogP contribution in [0.15, 0.2) is 231 Å². The third-order valence-electron chi connectivity index (χ3n) is 11.5. The van der Waals surface area contributed by atoms with E-state index in [1.807, 2.05) is 36.4 Å². The molecule has 3 heterocycles. The third kappa shape index (κ3) is 6.76. The molecule has 0 fully saturated rings. The molecule has 0 saturated heterocycles. The quantitative estimate of drug-likeness (QED) is 0.154. The molecule has 0 aliphatic heterocycles. The Hall–Kier alpha value is -8.21. The summed E-state index contributed by atoms with van der Waals surface area (Å²) in [6.07, 6.45) is 0. The van der Waals surface area contributed by atoms with Gasteiger partial charge in [0, 0.05) is 38.8 Å². The Bertz CT molecular complexity index is 3230. The van der Waals surface area contributed by atoms with Crippen LogP contribution in [-0.2, 0) is 0 Å². The number of benzene rings is 8. The van der Waals surface area contributed by atoms with Gasteiger partial charge in [0.2, 0.25) is 0 Å². The van der Waals surface area contributed by atoms with E-state index >= 15 is 0 Å². The predicted octanol–water partition coefficient (Wildman–Crippen LogP) is 14.6. The first-order valence-electron chi connectivity index (χ1n) is 20.6. The van der Waals surface area contributed by atoms with Gasteiger partial charge < -0.3 is 0 Å². The van der Waals surface area contributed by atoms with Crippen LogP contribution in [0.1, 0.15) is 0 Å². The molecular weight excluding hydrogens is 741 g/mol. The molecule has 4 nitrogen and oxygen atoms in total. The van der Waals surface area contributed by atoms with Crippen molar-refractivity contribution < 1.29 is 0 Å². The summed E-state index contributed by atoms with van der Waals surface area (Å²) < 4.78 is 2.17. The highest BCUT2D eigenvalue weighted by Crippen LogP contribution is 2.44. The van der Waals surface area contributed by atoms with Crippen molar-refractivity contribution in [3.63, 3.8) is 0 Å². The van der Waals surface area contributed by atoms with Crippen LogP contribution in [0.25, 0.3) is 106 Å². The minimum atomic E-state index is 0.710. The summed E-state index contributed by atoms with van der Waals surface area (Å²) in [5.74, 6) is 0.710. The normalized spacial score (nSPS) is 11.3. The highest BCUT2D eigenvalue weighted by molar-refractivity contribution is 6.14. The van der Waals surface area contributed by atoms with Gasteiger partial charge in [-0.15, -0.1) is 0 Å². The van der Waals surface area contributed by atoms with Crippen LogP contribution in [-0.4, -0.2) is 19.6 Å². The second-order valence-electron chi connectivity index (χ2n) is 15.2. The smallest absolute Gasteiger partial charge is 0.160 e. The fraction of sp³-hybridized carbons (Fsp3) is 0. The topological polar surface area (TPSA) is 43.1 Å². The molecule has 4 heteroatoms. The molecule has 61 heavy (non-hydrogen) atoms. The average molecular weight is 779 g/mol. The zero-order chi connectivity index (χ0) is 40.5. The monoisotopic (exact) mass is 778 g/mol. The Morgan fingerprint density at radius 1 is 0.328 bits per heavy atom. The number of fused-ring (bicyclic) bond motifs is 3. The van der Waals surface area contributed by atoms with Crippen molar-refractivity contribution in [2.75, 3.05) is 0 Å². The molecule has 286 valence electrons. The lowest BCUT2D eigenvalue weighted by atomic mass is 9.92. The van der Waals surface area contributed by atoms with E-state index in [0.717, 1.165) is 94.9 Å². The number of hydrogen-bond donors (Lipinski definition) is 0. The van der Waals surface area contributed by atoms with Gasteiger partial charge in [0.1, 0.15) is 5.69 Å². The number of nitrogens with zero attached hydrogens (tertiary/aromatic N) is 4. The molecule has 0 spiro atoms. The minimum absolute atomic E-state index is 0.710. The number of aromatic nitrogens is 4. The highest BCUT2D eigenvalue weighted by atomic mass is 15.2. The summed E-state index contributed by atoms with van der Waals surface area (Å²) in [5.41, 5.74) is 17.0. The highest BCUT2D eigenvalue weighted by Gasteiger charge is 2.23. The van der Waals surface area contributed by atoms with Crippen molar-refractivity contribution in [1.29, 1.82) is 0 Å². The minimum Gasteiger partial charge on any atom is -0.231 e. The van der Waals surface area contributed by atoms with Crippen LogP contribution in [0.3, 0.4) is 0 Å².